The molecule has 0 amide bonds. The predicted octanol–water partition coefficient (Wildman–Crippen LogP) is 3.14. The van der Waals surface area contributed by atoms with E-state index in [9.17, 15) is 0 Å². The maximum absolute atomic E-state index is 2.58. The van der Waals surface area contributed by atoms with E-state index in [0.717, 1.165) is 0 Å². The number of benzene rings is 1. The van der Waals surface area contributed by atoms with Crippen LogP contribution >= 0.6 is 0 Å². The van der Waals surface area contributed by atoms with Crippen LogP contribution in [0.1, 0.15) is 25.0 Å². The fraction of sp³-hybridized carbons (Fsp3) is 0.250. The molecule has 1 aromatic carbocycles. The Balaban J connectivity index is 2.92. The molecule has 13 heavy (non-hydrogen) atoms. The summed E-state index contributed by atoms with van der Waals surface area (Å²) >= 11 is 2.58. The van der Waals surface area contributed by atoms with E-state index >= 15 is 0 Å². The first-order valence-electron chi connectivity index (χ1n) is 4.37. The van der Waals surface area contributed by atoms with E-state index in [4.69, 9.17) is 0 Å². The molecule has 0 aromatic heterocycles. The SMILES string of the molecule is C[C](=[V])/C(C)=C\c1ccc(C)cc1. The standard InChI is InChI=1S/C12H14.V/c1-4-10(2)9-12-7-5-11(3)6-8-12;/h5-9H,1-3H3;/b10-9-;. The molecule has 0 radical (unpaired) electrons. The molecule has 0 aliphatic heterocycles. The zero-order valence-electron chi connectivity index (χ0n) is 8.33. The third-order valence-electron chi connectivity index (χ3n) is 2.03. The molecule has 0 bridgehead atoms. The third-order valence-corrected chi connectivity index (χ3v) is 2.58. The van der Waals surface area contributed by atoms with Crippen molar-refractivity contribution in [2.45, 2.75) is 20.8 Å². The van der Waals surface area contributed by atoms with Crippen LogP contribution in [0, 0.1) is 6.92 Å². The van der Waals surface area contributed by atoms with E-state index in [1.165, 1.54) is 20.9 Å². The van der Waals surface area contributed by atoms with E-state index in [2.05, 4.69) is 68.1 Å². The van der Waals surface area contributed by atoms with E-state index in [1.54, 1.807) is 0 Å². The van der Waals surface area contributed by atoms with Crippen LogP contribution in [0.5, 0.6) is 0 Å². The molecular formula is C12H14V. The molecule has 0 atom stereocenters. The van der Waals surface area contributed by atoms with Crippen LogP contribution in [-0.4, -0.2) is 4.23 Å². The Labute approximate surface area is 89.2 Å². The minimum atomic E-state index is 1.27. The molecule has 1 aromatic rings. The van der Waals surface area contributed by atoms with Gasteiger partial charge in [0.25, 0.3) is 0 Å². The molecule has 1 rings (SSSR count). The molecule has 67 valence electrons. The van der Waals surface area contributed by atoms with E-state index in [0.29, 0.717) is 0 Å². The van der Waals surface area contributed by atoms with Crippen LogP contribution < -0.4 is 0 Å². The molecule has 0 aliphatic carbocycles. The van der Waals surface area contributed by atoms with Crippen LogP contribution in [0.25, 0.3) is 6.08 Å². The van der Waals surface area contributed by atoms with Crippen molar-refractivity contribution in [3.63, 3.8) is 0 Å². The minimum absolute atomic E-state index is 1.27. The molecule has 0 spiro atoms. The molecule has 0 N–H and O–H groups in total. The monoisotopic (exact) mass is 209 g/mol. The zero-order chi connectivity index (χ0) is 9.84. The van der Waals surface area contributed by atoms with Gasteiger partial charge in [-0.15, -0.1) is 0 Å². The number of aryl methyl sites for hydroxylation is 1. The van der Waals surface area contributed by atoms with Crippen molar-refractivity contribution >= 4 is 10.3 Å². The Morgan fingerprint density at radius 2 is 1.69 bits per heavy atom. The average Bonchev–Trinajstić information content (AvgIpc) is 2.08. The van der Waals surface area contributed by atoms with Crippen molar-refractivity contribution in [3.8, 4) is 0 Å². The van der Waals surface area contributed by atoms with Gasteiger partial charge in [-0.25, -0.2) is 0 Å². The van der Waals surface area contributed by atoms with Gasteiger partial charge in [-0.1, -0.05) is 0 Å². The van der Waals surface area contributed by atoms with Crippen molar-refractivity contribution in [2.24, 2.45) is 0 Å². The van der Waals surface area contributed by atoms with Gasteiger partial charge in [0.1, 0.15) is 0 Å². The summed E-state index contributed by atoms with van der Waals surface area (Å²) in [6.07, 6.45) is 2.20. The molecule has 0 unspecified atom stereocenters. The third kappa shape index (κ3) is 3.34. The quantitative estimate of drug-likeness (QED) is 0.701. The predicted molar refractivity (Wildman–Crippen MR) is 55.5 cm³/mol. The first-order chi connectivity index (χ1) is 6.09. The number of rotatable bonds is 2. The first kappa shape index (κ1) is 10.5. The van der Waals surface area contributed by atoms with Crippen LogP contribution in [-0.2, 0) is 17.0 Å². The van der Waals surface area contributed by atoms with Gasteiger partial charge in [0.05, 0.1) is 0 Å². The van der Waals surface area contributed by atoms with Crippen LogP contribution in [0.4, 0.5) is 0 Å². The molecule has 0 saturated heterocycles. The van der Waals surface area contributed by atoms with Crippen molar-refractivity contribution in [2.75, 3.05) is 0 Å². The fourth-order valence-corrected chi connectivity index (χ4v) is 1.12. The van der Waals surface area contributed by atoms with Gasteiger partial charge >= 0.3 is 89.0 Å². The Morgan fingerprint density at radius 1 is 1.15 bits per heavy atom. The van der Waals surface area contributed by atoms with Gasteiger partial charge < -0.3 is 0 Å². The summed E-state index contributed by atoms with van der Waals surface area (Å²) in [4.78, 5) is 0. The van der Waals surface area contributed by atoms with E-state index < -0.39 is 0 Å². The van der Waals surface area contributed by atoms with E-state index in [-0.39, 0.29) is 0 Å². The van der Waals surface area contributed by atoms with Gasteiger partial charge in [0, 0.05) is 0 Å². The van der Waals surface area contributed by atoms with Crippen LogP contribution in [0.15, 0.2) is 29.8 Å². The van der Waals surface area contributed by atoms with Crippen molar-refractivity contribution in [1.82, 2.24) is 0 Å². The topological polar surface area (TPSA) is 0 Å². The summed E-state index contributed by atoms with van der Waals surface area (Å²) in [6, 6.07) is 8.57. The van der Waals surface area contributed by atoms with Gasteiger partial charge in [-0.05, 0) is 0 Å². The molecule has 0 fully saturated rings. The Morgan fingerprint density at radius 3 is 2.15 bits per heavy atom. The second kappa shape index (κ2) is 4.59. The van der Waals surface area contributed by atoms with Gasteiger partial charge in [0.15, 0.2) is 0 Å². The Kier molecular flexibility index (Phi) is 3.71. The van der Waals surface area contributed by atoms with E-state index in [1.807, 2.05) is 0 Å². The van der Waals surface area contributed by atoms with Crippen LogP contribution in [0.3, 0.4) is 0 Å². The van der Waals surface area contributed by atoms with Crippen molar-refractivity contribution < 1.29 is 17.0 Å². The second-order valence-corrected chi connectivity index (χ2v) is 4.37. The summed E-state index contributed by atoms with van der Waals surface area (Å²) in [5.41, 5.74) is 3.90. The van der Waals surface area contributed by atoms with Crippen LogP contribution in [0.2, 0.25) is 0 Å². The second-order valence-electron chi connectivity index (χ2n) is 3.32. The Hall–Kier alpha value is -0.586. The maximum atomic E-state index is 2.58. The summed E-state index contributed by atoms with van der Waals surface area (Å²) < 4.78 is 1.31. The Bertz CT molecular complexity index is 331. The van der Waals surface area contributed by atoms with Gasteiger partial charge in [-0.2, -0.15) is 0 Å². The summed E-state index contributed by atoms with van der Waals surface area (Å²) in [5.74, 6) is 0. The van der Waals surface area contributed by atoms with Crippen molar-refractivity contribution in [3.05, 3.63) is 41.0 Å². The van der Waals surface area contributed by atoms with Crippen molar-refractivity contribution in [1.29, 1.82) is 0 Å². The van der Waals surface area contributed by atoms with Gasteiger partial charge in [-0.3, -0.25) is 0 Å². The molecular weight excluding hydrogens is 195 g/mol. The summed E-state index contributed by atoms with van der Waals surface area (Å²) in [5, 5.41) is 0. The average molecular weight is 209 g/mol. The molecule has 1 heteroatoms. The molecule has 0 aliphatic rings. The normalized spacial score (nSPS) is 11.4. The zero-order valence-corrected chi connectivity index (χ0v) is 9.73. The fourth-order valence-electron chi connectivity index (χ4n) is 1.02. The molecule has 0 nitrogen and oxygen atoms in total. The van der Waals surface area contributed by atoms with Gasteiger partial charge in [0.2, 0.25) is 0 Å². The first-order valence-corrected chi connectivity index (χ1v) is 5.07. The molecule has 0 saturated carbocycles. The summed E-state index contributed by atoms with van der Waals surface area (Å²) in [6.45, 7) is 6.35. The molecule has 0 heterocycles. The number of hydrogen-bond acceptors (Lipinski definition) is 0. The number of allylic oxidation sites excluding steroid dienone is 1. The number of hydrogen-bond donors (Lipinski definition) is 0. The summed E-state index contributed by atoms with van der Waals surface area (Å²) in [7, 11) is 0.